The van der Waals surface area contributed by atoms with Gasteiger partial charge in [0, 0.05) is 43.6 Å². The molecule has 4 heteroatoms. The highest BCUT2D eigenvalue weighted by Gasteiger charge is 2.28. The van der Waals surface area contributed by atoms with Crippen LogP contribution in [0, 0.1) is 0 Å². The summed E-state index contributed by atoms with van der Waals surface area (Å²) >= 11 is 1.82. The maximum Gasteiger partial charge on any atom is 0.0591 e. The molecule has 3 nitrogen and oxygen atoms in total. The van der Waals surface area contributed by atoms with Crippen molar-refractivity contribution >= 4 is 11.3 Å². The van der Waals surface area contributed by atoms with Gasteiger partial charge in [-0.25, -0.2) is 0 Å². The van der Waals surface area contributed by atoms with Gasteiger partial charge in [-0.05, 0) is 23.9 Å². The van der Waals surface area contributed by atoms with Crippen LogP contribution in [0.1, 0.15) is 23.4 Å². The summed E-state index contributed by atoms with van der Waals surface area (Å²) in [7, 11) is 0. The number of nitrogens with zero attached hydrogens (tertiary/aromatic N) is 2. The second-order valence-electron chi connectivity index (χ2n) is 6.12. The SMILES string of the molecule is C[C@@H](N)[C@H](c1cccs1)N1CCN(Cc2ccccc2)CC1. The molecule has 1 fully saturated rings. The van der Waals surface area contributed by atoms with E-state index in [2.05, 4.69) is 64.6 Å². The van der Waals surface area contributed by atoms with E-state index in [-0.39, 0.29) is 6.04 Å². The monoisotopic (exact) mass is 315 g/mol. The molecule has 1 aliphatic rings. The standard InChI is InChI=1S/C18H25N3S/c1-15(19)18(17-8-5-13-22-17)21-11-9-20(10-12-21)14-16-6-3-2-4-7-16/h2-8,13,15,18H,9-12,14,19H2,1H3/t15-,18-/m1/s1. The van der Waals surface area contributed by atoms with Crippen LogP contribution in [0.3, 0.4) is 0 Å². The molecule has 0 amide bonds. The van der Waals surface area contributed by atoms with E-state index in [9.17, 15) is 0 Å². The molecule has 0 bridgehead atoms. The minimum absolute atomic E-state index is 0.166. The Kier molecular flexibility index (Phi) is 5.26. The minimum atomic E-state index is 0.166. The van der Waals surface area contributed by atoms with Crippen molar-refractivity contribution < 1.29 is 0 Å². The third kappa shape index (κ3) is 3.76. The van der Waals surface area contributed by atoms with Crippen molar-refractivity contribution in [3.05, 3.63) is 58.3 Å². The molecule has 1 aromatic carbocycles. The Morgan fingerprint density at radius 1 is 1.05 bits per heavy atom. The van der Waals surface area contributed by atoms with Gasteiger partial charge in [0.15, 0.2) is 0 Å². The summed E-state index contributed by atoms with van der Waals surface area (Å²) in [5, 5.41) is 2.15. The van der Waals surface area contributed by atoms with E-state index in [0.29, 0.717) is 6.04 Å². The van der Waals surface area contributed by atoms with Gasteiger partial charge >= 0.3 is 0 Å². The van der Waals surface area contributed by atoms with Gasteiger partial charge < -0.3 is 5.73 Å². The highest BCUT2D eigenvalue weighted by atomic mass is 32.1. The van der Waals surface area contributed by atoms with E-state index in [4.69, 9.17) is 5.73 Å². The molecule has 2 heterocycles. The number of benzene rings is 1. The lowest BCUT2D eigenvalue weighted by Crippen LogP contribution is -2.50. The highest BCUT2D eigenvalue weighted by molar-refractivity contribution is 7.10. The van der Waals surface area contributed by atoms with Gasteiger partial charge in [-0.1, -0.05) is 36.4 Å². The molecule has 2 N–H and O–H groups in total. The zero-order valence-electron chi connectivity index (χ0n) is 13.2. The fraction of sp³-hybridized carbons (Fsp3) is 0.444. The quantitative estimate of drug-likeness (QED) is 0.921. The topological polar surface area (TPSA) is 32.5 Å². The van der Waals surface area contributed by atoms with E-state index in [1.165, 1.54) is 10.4 Å². The van der Waals surface area contributed by atoms with E-state index in [1.807, 2.05) is 11.3 Å². The molecule has 2 atom stereocenters. The van der Waals surface area contributed by atoms with Gasteiger partial charge in [0.05, 0.1) is 6.04 Å². The maximum atomic E-state index is 6.27. The largest absolute Gasteiger partial charge is 0.326 e. The lowest BCUT2D eigenvalue weighted by Gasteiger charge is -2.40. The number of nitrogens with two attached hydrogens (primary N) is 1. The average molecular weight is 315 g/mol. The van der Waals surface area contributed by atoms with Gasteiger partial charge in [0.25, 0.3) is 0 Å². The molecular weight excluding hydrogens is 290 g/mol. The van der Waals surface area contributed by atoms with Crippen LogP contribution in [0.15, 0.2) is 47.8 Å². The third-order valence-corrected chi connectivity index (χ3v) is 5.32. The normalized spacial score (nSPS) is 19.9. The van der Waals surface area contributed by atoms with E-state index in [0.717, 1.165) is 32.7 Å². The van der Waals surface area contributed by atoms with Crippen molar-refractivity contribution in [3.63, 3.8) is 0 Å². The Hall–Kier alpha value is -1.20. The van der Waals surface area contributed by atoms with Crippen LogP contribution in [0.25, 0.3) is 0 Å². The van der Waals surface area contributed by atoms with Gasteiger partial charge in [-0.15, -0.1) is 11.3 Å². The first kappa shape index (κ1) is 15.7. The van der Waals surface area contributed by atoms with Crippen LogP contribution in [-0.2, 0) is 6.54 Å². The summed E-state index contributed by atoms with van der Waals surface area (Å²) in [5.74, 6) is 0. The van der Waals surface area contributed by atoms with E-state index >= 15 is 0 Å². The Morgan fingerprint density at radius 2 is 1.77 bits per heavy atom. The first-order valence-corrected chi connectivity index (χ1v) is 8.91. The first-order valence-electron chi connectivity index (χ1n) is 8.03. The molecule has 0 aliphatic carbocycles. The summed E-state index contributed by atoms with van der Waals surface area (Å²) in [6.07, 6.45) is 0. The van der Waals surface area contributed by atoms with Gasteiger partial charge in [0.1, 0.15) is 0 Å². The van der Waals surface area contributed by atoms with Crippen molar-refractivity contribution in [2.24, 2.45) is 5.73 Å². The smallest absolute Gasteiger partial charge is 0.0591 e. The zero-order chi connectivity index (χ0) is 15.4. The summed E-state index contributed by atoms with van der Waals surface area (Å²) in [4.78, 5) is 6.49. The molecule has 1 saturated heterocycles. The molecule has 118 valence electrons. The summed E-state index contributed by atoms with van der Waals surface area (Å²) in [6.45, 7) is 7.60. The van der Waals surface area contributed by atoms with Gasteiger partial charge in [-0.2, -0.15) is 0 Å². The molecule has 0 unspecified atom stereocenters. The van der Waals surface area contributed by atoms with Crippen LogP contribution in [0.5, 0.6) is 0 Å². The number of rotatable bonds is 5. The predicted octanol–water partition coefficient (Wildman–Crippen LogP) is 2.95. The van der Waals surface area contributed by atoms with Gasteiger partial charge in [-0.3, -0.25) is 9.80 Å². The Morgan fingerprint density at radius 3 is 2.36 bits per heavy atom. The maximum absolute atomic E-state index is 6.27. The highest BCUT2D eigenvalue weighted by Crippen LogP contribution is 2.28. The third-order valence-electron chi connectivity index (χ3n) is 4.38. The van der Waals surface area contributed by atoms with Crippen LogP contribution >= 0.6 is 11.3 Å². The van der Waals surface area contributed by atoms with Gasteiger partial charge in [0.2, 0.25) is 0 Å². The van der Waals surface area contributed by atoms with E-state index < -0.39 is 0 Å². The molecule has 1 aromatic heterocycles. The summed E-state index contributed by atoms with van der Waals surface area (Å²) < 4.78 is 0. The second kappa shape index (κ2) is 7.38. The molecule has 22 heavy (non-hydrogen) atoms. The van der Waals surface area contributed by atoms with Crippen LogP contribution in [-0.4, -0.2) is 42.0 Å². The van der Waals surface area contributed by atoms with Crippen LogP contribution in [0.4, 0.5) is 0 Å². The Bertz CT molecular complexity index is 545. The van der Waals surface area contributed by atoms with Crippen molar-refractivity contribution in [1.29, 1.82) is 0 Å². The molecule has 1 aliphatic heterocycles. The summed E-state index contributed by atoms with van der Waals surface area (Å²) in [6, 6.07) is 15.6. The second-order valence-corrected chi connectivity index (χ2v) is 7.10. The van der Waals surface area contributed by atoms with Crippen molar-refractivity contribution in [2.45, 2.75) is 25.6 Å². The number of piperazine rings is 1. The molecule has 2 aromatic rings. The minimum Gasteiger partial charge on any atom is -0.326 e. The number of hydrogen-bond acceptors (Lipinski definition) is 4. The lowest BCUT2D eigenvalue weighted by molar-refractivity contribution is 0.0842. The Labute approximate surface area is 137 Å². The lowest BCUT2D eigenvalue weighted by atomic mass is 10.1. The fourth-order valence-electron chi connectivity index (χ4n) is 3.27. The molecule has 0 radical (unpaired) electrons. The zero-order valence-corrected chi connectivity index (χ0v) is 14.0. The average Bonchev–Trinajstić information content (AvgIpc) is 3.04. The molecule has 0 spiro atoms. The fourth-order valence-corrected chi connectivity index (χ4v) is 4.25. The predicted molar refractivity (Wildman–Crippen MR) is 94.0 cm³/mol. The van der Waals surface area contributed by atoms with Crippen molar-refractivity contribution in [2.75, 3.05) is 26.2 Å². The van der Waals surface area contributed by atoms with Crippen molar-refractivity contribution in [1.82, 2.24) is 9.80 Å². The molecular formula is C18H25N3S. The Balaban J connectivity index is 1.58. The molecule has 3 rings (SSSR count). The van der Waals surface area contributed by atoms with Crippen molar-refractivity contribution in [3.8, 4) is 0 Å². The number of hydrogen-bond donors (Lipinski definition) is 1. The van der Waals surface area contributed by atoms with Crippen LogP contribution in [0.2, 0.25) is 0 Å². The number of thiophene rings is 1. The van der Waals surface area contributed by atoms with Crippen LogP contribution < -0.4 is 5.73 Å². The molecule has 0 saturated carbocycles. The summed E-state index contributed by atoms with van der Waals surface area (Å²) in [5.41, 5.74) is 7.67. The first-order chi connectivity index (χ1) is 10.7. The van der Waals surface area contributed by atoms with E-state index in [1.54, 1.807) is 0 Å².